The summed E-state index contributed by atoms with van der Waals surface area (Å²) in [4.78, 5) is 23.6. The van der Waals surface area contributed by atoms with Crippen molar-refractivity contribution in [1.82, 2.24) is 5.32 Å². The lowest BCUT2D eigenvalue weighted by molar-refractivity contribution is -0.148. The van der Waals surface area contributed by atoms with Crippen molar-refractivity contribution in [2.24, 2.45) is 5.41 Å². The van der Waals surface area contributed by atoms with Crippen LogP contribution in [0.2, 0.25) is 5.02 Å². The molecule has 0 saturated heterocycles. The average molecular weight is 350 g/mol. The highest BCUT2D eigenvalue weighted by molar-refractivity contribution is 6.33. The highest BCUT2D eigenvalue weighted by Crippen LogP contribution is 2.38. The van der Waals surface area contributed by atoms with Gasteiger partial charge >= 0.3 is 12.1 Å². The number of rotatable bonds is 3. The molecule has 0 aliphatic heterocycles. The fraction of sp³-hybridized carbons (Fsp3) is 0.467. The summed E-state index contributed by atoms with van der Waals surface area (Å²) in [7, 11) is 0. The molecule has 1 aromatic rings. The van der Waals surface area contributed by atoms with E-state index in [1.807, 2.05) is 0 Å². The number of hydrogen-bond acceptors (Lipinski definition) is 2. The van der Waals surface area contributed by atoms with E-state index in [9.17, 15) is 27.9 Å². The molecule has 1 aliphatic carbocycles. The Kier molecular flexibility index (Phi) is 4.61. The molecule has 1 aliphatic rings. The standard InChI is InChI=1S/C15H15ClF3NO3/c1-14(13(22)23)6-2-3-11(14)20-12(21)9-7-8(15(17,18)19)4-5-10(9)16/h4-5,7,11H,2-3,6H2,1H3,(H,20,21)(H,22,23). The summed E-state index contributed by atoms with van der Waals surface area (Å²) >= 11 is 5.82. The molecule has 1 aromatic carbocycles. The molecule has 1 fully saturated rings. The predicted octanol–water partition coefficient (Wildman–Crippen LogP) is 3.73. The van der Waals surface area contributed by atoms with Crippen molar-refractivity contribution in [1.29, 1.82) is 0 Å². The fourth-order valence-corrected chi connectivity index (χ4v) is 2.97. The molecule has 0 bridgehead atoms. The van der Waals surface area contributed by atoms with E-state index in [0.29, 0.717) is 25.3 Å². The molecule has 8 heteroatoms. The summed E-state index contributed by atoms with van der Waals surface area (Å²) in [6.07, 6.45) is -3.14. The van der Waals surface area contributed by atoms with Crippen molar-refractivity contribution >= 4 is 23.5 Å². The Balaban J connectivity index is 2.26. The molecule has 0 radical (unpaired) electrons. The Hall–Kier alpha value is -1.76. The first-order valence-electron chi connectivity index (χ1n) is 6.96. The van der Waals surface area contributed by atoms with Crippen molar-refractivity contribution in [3.63, 3.8) is 0 Å². The molecule has 1 amide bonds. The lowest BCUT2D eigenvalue weighted by Gasteiger charge is -2.27. The van der Waals surface area contributed by atoms with Gasteiger partial charge in [0.25, 0.3) is 5.91 Å². The Morgan fingerprint density at radius 1 is 1.39 bits per heavy atom. The number of halogens is 4. The van der Waals surface area contributed by atoms with Gasteiger partial charge in [0.05, 0.1) is 21.6 Å². The van der Waals surface area contributed by atoms with E-state index in [-0.39, 0.29) is 10.6 Å². The van der Waals surface area contributed by atoms with Gasteiger partial charge in [0.1, 0.15) is 0 Å². The molecule has 0 aromatic heterocycles. The molecule has 0 spiro atoms. The third kappa shape index (κ3) is 3.44. The van der Waals surface area contributed by atoms with Crippen molar-refractivity contribution in [2.75, 3.05) is 0 Å². The average Bonchev–Trinajstić information content (AvgIpc) is 2.80. The second-order valence-corrected chi connectivity index (χ2v) is 6.24. The van der Waals surface area contributed by atoms with Gasteiger partial charge in [-0.25, -0.2) is 0 Å². The number of carbonyl (C=O) groups excluding carboxylic acids is 1. The summed E-state index contributed by atoms with van der Waals surface area (Å²) in [6, 6.07) is 1.81. The van der Waals surface area contributed by atoms with Gasteiger partial charge in [-0.2, -0.15) is 13.2 Å². The third-order valence-electron chi connectivity index (χ3n) is 4.29. The van der Waals surface area contributed by atoms with Crippen LogP contribution in [0.15, 0.2) is 18.2 Å². The molecule has 2 atom stereocenters. The number of nitrogens with one attached hydrogen (secondary N) is 1. The SMILES string of the molecule is CC1(C(=O)O)CCCC1NC(=O)c1cc(C(F)(F)F)ccc1Cl. The third-order valence-corrected chi connectivity index (χ3v) is 4.62. The van der Waals surface area contributed by atoms with Crippen LogP contribution in [0.25, 0.3) is 0 Å². The Labute approximate surface area is 135 Å². The monoisotopic (exact) mass is 349 g/mol. The summed E-state index contributed by atoms with van der Waals surface area (Å²) in [5.74, 6) is -1.85. The van der Waals surface area contributed by atoms with E-state index in [1.54, 1.807) is 0 Å². The number of amides is 1. The van der Waals surface area contributed by atoms with Crippen LogP contribution < -0.4 is 5.32 Å². The minimum atomic E-state index is -4.59. The molecule has 2 unspecified atom stereocenters. The number of carbonyl (C=O) groups is 2. The highest BCUT2D eigenvalue weighted by Gasteiger charge is 2.46. The molecule has 0 heterocycles. The lowest BCUT2D eigenvalue weighted by atomic mass is 9.85. The van der Waals surface area contributed by atoms with Crippen LogP contribution in [-0.2, 0) is 11.0 Å². The summed E-state index contributed by atoms with van der Waals surface area (Å²) < 4.78 is 38.2. The Morgan fingerprint density at radius 3 is 2.61 bits per heavy atom. The van der Waals surface area contributed by atoms with Crippen molar-refractivity contribution in [2.45, 2.75) is 38.4 Å². The smallest absolute Gasteiger partial charge is 0.416 e. The maximum atomic E-state index is 12.7. The summed E-state index contributed by atoms with van der Waals surface area (Å²) in [5, 5.41) is 11.7. The van der Waals surface area contributed by atoms with E-state index >= 15 is 0 Å². The first kappa shape index (κ1) is 17.6. The summed E-state index contributed by atoms with van der Waals surface area (Å²) in [6.45, 7) is 1.51. The topological polar surface area (TPSA) is 66.4 Å². The zero-order valence-electron chi connectivity index (χ0n) is 12.2. The van der Waals surface area contributed by atoms with Crippen LogP contribution in [0.4, 0.5) is 13.2 Å². The minimum absolute atomic E-state index is 0.120. The zero-order chi connectivity index (χ0) is 17.4. The first-order chi connectivity index (χ1) is 10.6. The van der Waals surface area contributed by atoms with Gasteiger partial charge in [-0.1, -0.05) is 18.0 Å². The molecule has 4 nitrogen and oxygen atoms in total. The second kappa shape index (κ2) is 6.03. The maximum Gasteiger partial charge on any atom is 0.416 e. The molecule has 23 heavy (non-hydrogen) atoms. The molecule has 2 N–H and O–H groups in total. The minimum Gasteiger partial charge on any atom is -0.481 e. The molecule has 1 saturated carbocycles. The molecule has 2 rings (SSSR count). The zero-order valence-corrected chi connectivity index (χ0v) is 13.0. The molecular formula is C15H15ClF3NO3. The van der Waals surface area contributed by atoms with Crippen LogP contribution >= 0.6 is 11.6 Å². The Morgan fingerprint density at radius 2 is 2.04 bits per heavy atom. The quantitative estimate of drug-likeness (QED) is 0.873. The van der Waals surface area contributed by atoms with Gasteiger partial charge in [-0.15, -0.1) is 0 Å². The van der Waals surface area contributed by atoms with Crippen LogP contribution in [0.3, 0.4) is 0 Å². The van der Waals surface area contributed by atoms with E-state index in [1.165, 1.54) is 6.92 Å². The van der Waals surface area contributed by atoms with Gasteiger partial charge < -0.3 is 10.4 Å². The molecule has 126 valence electrons. The van der Waals surface area contributed by atoms with Crippen molar-refractivity contribution in [3.8, 4) is 0 Å². The van der Waals surface area contributed by atoms with Gasteiger partial charge in [0.2, 0.25) is 0 Å². The van der Waals surface area contributed by atoms with Crippen LogP contribution in [0.5, 0.6) is 0 Å². The van der Waals surface area contributed by atoms with E-state index in [4.69, 9.17) is 11.6 Å². The second-order valence-electron chi connectivity index (χ2n) is 5.83. The number of hydrogen-bond donors (Lipinski definition) is 2. The van der Waals surface area contributed by atoms with Gasteiger partial charge in [-0.3, -0.25) is 9.59 Å². The lowest BCUT2D eigenvalue weighted by Crippen LogP contribution is -2.47. The van der Waals surface area contributed by atoms with Crippen molar-refractivity contribution < 1.29 is 27.9 Å². The van der Waals surface area contributed by atoms with Gasteiger partial charge in [0.15, 0.2) is 0 Å². The van der Waals surface area contributed by atoms with E-state index in [2.05, 4.69) is 5.32 Å². The van der Waals surface area contributed by atoms with Gasteiger partial charge in [-0.05, 0) is 38.0 Å². The number of aliphatic carboxylic acids is 1. The van der Waals surface area contributed by atoms with E-state index in [0.717, 1.165) is 12.1 Å². The van der Waals surface area contributed by atoms with E-state index < -0.39 is 35.1 Å². The van der Waals surface area contributed by atoms with Crippen LogP contribution in [-0.4, -0.2) is 23.0 Å². The van der Waals surface area contributed by atoms with Gasteiger partial charge in [0, 0.05) is 6.04 Å². The Bertz CT molecular complexity index is 647. The van der Waals surface area contributed by atoms with Crippen molar-refractivity contribution in [3.05, 3.63) is 34.3 Å². The number of benzene rings is 1. The highest BCUT2D eigenvalue weighted by atomic mass is 35.5. The first-order valence-corrected chi connectivity index (χ1v) is 7.34. The number of carboxylic acid groups (broad SMARTS) is 1. The van der Waals surface area contributed by atoms with Crippen LogP contribution in [0, 0.1) is 5.41 Å². The largest absolute Gasteiger partial charge is 0.481 e. The fourth-order valence-electron chi connectivity index (χ4n) is 2.77. The van der Waals surface area contributed by atoms with Crippen LogP contribution in [0.1, 0.15) is 42.1 Å². The normalized spacial score (nSPS) is 24.5. The number of carboxylic acids is 1. The number of alkyl halides is 3. The summed E-state index contributed by atoms with van der Waals surface area (Å²) in [5.41, 5.74) is -2.44. The molecular weight excluding hydrogens is 335 g/mol. The maximum absolute atomic E-state index is 12.7. The predicted molar refractivity (Wildman–Crippen MR) is 77.3 cm³/mol.